The van der Waals surface area contributed by atoms with Gasteiger partial charge in [0.05, 0.1) is 18.4 Å². The van der Waals surface area contributed by atoms with Crippen LogP contribution in [0.25, 0.3) is 6.08 Å². The molecule has 3 aromatic rings. The first kappa shape index (κ1) is 26.0. The zero-order valence-corrected chi connectivity index (χ0v) is 19.0. The number of hydrogen-bond acceptors (Lipinski definition) is 5. The van der Waals surface area contributed by atoms with Gasteiger partial charge in [0.1, 0.15) is 5.75 Å². The number of benzene rings is 3. The van der Waals surface area contributed by atoms with Crippen LogP contribution >= 0.6 is 0 Å². The zero-order chi connectivity index (χ0) is 26.1. The molecule has 10 heteroatoms. The summed E-state index contributed by atoms with van der Waals surface area (Å²) in [4.78, 5) is 36.3. The molecule has 36 heavy (non-hydrogen) atoms. The number of halogens is 3. The SMILES string of the molecule is COc1ccccc1NC(=O)c1ccc(NC(=O)COC(=O)/C=C/c2ccc(C(F)(F)F)cc2)cc1. The minimum absolute atomic E-state index is 0.346. The molecule has 0 spiro atoms. The summed E-state index contributed by atoms with van der Waals surface area (Å²) in [6, 6.07) is 17.2. The molecule has 2 amide bonds. The Bertz CT molecular complexity index is 1250. The number of anilines is 2. The average Bonchev–Trinajstić information content (AvgIpc) is 2.86. The van der Waals surface area contributed by atoms with Crippen molar-refractivity contribution in [3.63, 3.8) is 0 Å². The van der Waals surface area contributed by atoms with Crippen molar-refractivity contribution in [1.29, 1.82) is 0 Å². The van der Waals surface area contributed by atoms with E-state index in [1.54, 1.807) is 24.3 Å². The van der Waals surface area contributed by atoms with Crippen LogP contribution in [0.2, 0.25) is 0 Å². The number of para-hydroxylation sites is 2. The molecule has 0 aromatic heterocycles. The molecule has 0 radical (unpaired) electrons. The Morgan fingerprint density at radius 1 is 0.889 bits per heavy atom. The fraction of sp³-hybridized carbons (Fsp3) is 0.115. The van der Waals surface area contributed by atoms with Gasteiger partial charge in [-0.1, -0.05) is 24.3 Å². The fourth-order valence-corrected chi connectivity index (χ4v) is 2.98. The molecule has 7 nitrogen and oxygen atoms in total. The molecule has 0 atom stereocenters. The van der Waals surface area contributed by atoms with Crippen LogP contribution in [0.15, 0.2) is 78.9 Å². The summed E-state index contributed by atoms with van der Waals surface area (Å²) in [5.41, 5.74) is 0.795. The number of alkyl halides is 3. The molecule has 0 aliphatic rings. The first-order chi connectivity index (χ1) is 17.2. The van der Waals surface area contributed by atoms with Gasteiger partial charge in [0, 0.05) is 17.3 Å². The number of hydrogen-bond donors (Lipinski definition) is 2. The topological polar surface area (TPSA) is 93.7 Å². The Hall–Kier alpha value is -4.60. The van der Waals surface area contributed by atoms with Gasteiger partial charge in [0.25, 0.3) is 11.8 Å². The Morgan fingerprint density at radius 3 is 2.19 bits per heavy atom. The highest BCUT2D eigenvalue weighted by Crippen LogP contribution is 2.29. The van der Waals surface area contributed by atoms with Gasteiger partial charge in [0.15, 0.2) is 6.61 Å². The second-order valence-electron chi connectivity index (χ2n) is 7.34. The van der Waals surface area contributed by atoms with Crippen molar-refractivity contribution in [1.82, 2.24) is 0 Å². The number of carbonyl (C=O) groups is 3. The lowest BCUT2D eigenvalue weighted by Crippen LogP contribution is -2.20. The Morgan fingerprint density at radius 2 is 1.56 bits per heavy atom. The van der Waals surface area contributed by atoms with Gasteiger partial charge in [-0.3, -0.25) is 9.59 Å². The van der Waals surface area contributed by atoms with E-state index in [9.17, 15) is 27.6 Å². The number of rotatable bonds is 8. The van der Waals surface area contributed by atoms with Crippen LogP contribution in [0, 0.1) is 0 Å². The van der Waals surface area contributed by atoms with Crippen molar-refractivity contribution in [3.8, 4) is 5.75 Å². The molecule has 186 valence electrons. The van der Waals surface area contributed by atoms with E-state index in [4.69, 9.17) is 9.47 Å². The first-order valence-electron chi connectivity index (χ1n) is 10.5. The average molecular weight is 498 g/mol. The zero-order valence-electron chi connectivity index (χ0n) is 19.0. The van der Waals surface area contributed by atoms with Crippen LogP contribution in [0.3, 0.4) is 0 Å². The molecule has 0 unspecified atom stereocenters. The van der Waals surface area contributed by atoms with Crippen molar-refractivity contribution in [2.75, 3.05) is 24.4 Å². The quantitative estimate of drug-likeness (QED) is 0.331. The summed E-state index contributed by atoms with van der Waals surface area (Å²) >= 11 is 0. The normalized spacial score (nSPS) is 11.1. The predicted molar refractivity (Wildman–Crippen MR) is 127 cm³/mol. The minimum Gasteiger partial charge on any atom is -0.495 e. The largest absolute Gasteiger partial charge is 0.495 e. The standard InChI is InChI=1S/C26H21F3N2O5/c1-35-22-5-3-2-4-21(22)31-25(34)18-9-13-20(14-10-18)30-23(32)16-36-24(33)15-8-17-6-11-19(12-7-17)26(27,28)29/h2-15H,16H2,1H3,(H,30,32)(H,31,34)/b15-8+. The van der Waals surface area contributed by atoms with Crippen molar-refractivity contribution in [2.24, 2.45) is 0 Å². The highest BCUT2D eigenvalue weighted by atomic mass is 19.4. The van der Waals surface area contributed by atoms with Gasteiger partial charge >= 0.3 is 12.1 Å². The number of ether oxygens (including phenoxy) is 2. The number of amides is 2. The minimum atomic E-state index is -4.45. The van der Waals surface area contributed by atoms with E-state index in [-0.39, 0.29) is 5.91 Å². The Balaban J connectivity index is 1.47. The molecule has 3 rings (SSSR count). The third-order valence-corrected chi connectivity index (χ3v) is 4.78. The molecule has 2 N–H and O–H groups in total. The van der Waals surface area contributed by atoms with Crippen LogP contribution in [0.4, 0.5) is 24.5 Å². The van der Waals surface area contributed by atoms with Crippen LogP contribution in [0.5, 0.6) is 5.75 Å². The summed E-state index contributed by atoms with van der Waals surface area (Å²) in [6.07, 6.45) is -2.17. The van der Waals surface area contributed by atoms with Gasteiger partial charge < -0.3 is 20.1 Å². The molecule has 0 bridgehead atoms. The number of esters is 1. The third-order valence-electron chi connectivity index (χ3n) is 4.78. The second kappa shape index (κ2) is 11.7. The summed E-state index contributed by atoms with van der Waals surface area (Å²) in [5.74, 6) is -1.31. The Kier molecular flexibility index (Phi) is 8.45. The molecule has 0 saturated heterocycles. The maximum Gasteiger partial charge on any atom is 0.416 e. The van der Waals surface area contributed by atoms with Crippen molar-refractivity contribution < 1.29 is 37.0 Å². The summed E-state index contributed by atoms with van der Waals surface area (Å²) < 4.78 is 47.8. The summed E-state index contributed by atoms with van der Waals surface area (Å²) in [5, 5.41) is 5.27. The lowest BCUT2D eigenvalue weighted by atomic mass is 10.1. The molecule has 0 fully saturated rings. The summed E-state index contributed by atoms with van der Waals surface area (Å²) in [7, 11) is 1.50. The summed E-state index contributed by atoms with van der Waals surface area (Å²) in [6.45, 7) is -0.577. The van der Waals surface area contributed by atoms with Gasteiger partial charge in [0.2, 0.25) is 0 Å². The predicted octanol–water partition coefficient (Wildman–Crippen LogP) is 5.16. The van der Waals surface area contributed by atoms with Gasteiger partial charge in [-0.25, -0.2) is 4.79 Å². The maximum absolute atomic E-state index is 12.6. The molecule has 0 heterocycles. The van der Waals surface area contributed by atoms with E-state index >= 15 is 0 Å². The van der Waals surface area contributed by atoms with Crippen LogP contribution in [0.1, 0.15) is 21.5 Å². The van der Waals surface area contributed by atoms with E-state index in [0.29, 0.717) is 28.3 Å². The van der Waals surface area contributed by atoms with Crippen LogP contribution in [-0.4, -0.2) is 31.5 Å². The van der Waals surface area contributed by atoms with Crippen molar-refractivity contribution >= 4 is 35.2 Å². The van der Waals surface area contributed by atoms with E-state index in [1.165, 1.54) is 49.6 Å². The number of carbonyl (C=O) groups excluding carboxylic acids is 3. The van der Waals surface area contributed by atoms with Crippen molar-refractivity contribution in [3.05, 3.63) is 95.6 Å². The van der Waals surface area contributed by atoms with E-state index < -0.39 is 30.2 Å². The lowest BCUT2D eigenvalue weighted by molar-refractivity contribution is -0.142. The maximum atomic E-state index is 12.6. The monoisotopic (exact) mass is 498 g/mol. The Labute approximate surface area is 204 Å². The van der Waals surface area contributed by atoms with Gasteiger partial charge in [-0.2, -0.15) is 13.2 Å². The first-order valence-corrected chi connectivity index (χ1v) is 10.5. The molecule has 0 saturated carbocycles. The highest BCUT2D eigenvalue weighted by Gasteiger charge is 2.29. The third kappa shape index (κ3) is 7.45. The highest BCUT2D eigenvalue weighted by molar-refractivity contribution is 6.05. The van der Waals surface area contributed by atoms with Crippen LogP contribution < -0.4 is 15.4 Å². The lowest BCUT2D eigenvalue weighted by Gasteiger charge is -2.10. The molecular formula is C26H21F3N2O5. The van der Waals surface area contributed by atoms with E-state index in [0.717, 1.165) is 18.2 Å². The molecule has 3 aromatic carbocycles. The van der Waals surface area contributed by atoms with Gasteiger partial charge in [-0.05, 0) is 60.2 Å². The van der Waals surface area contributed by atoms with E-state index in [2.05, 4.69) is 10.6 Å². The number of nitrogens with one attached hydrogen (secondary N) is 2. The smallest absolute Gasteiger partial charge is 0.416 e. The number of methoxy groups -OCH3 is 1. The fourth-order valence-electron chi connectivity index (χ4n) is 2.98. The van der Waals surface area contributed by atoms with Crippen molar-refractivity contribution in [2.45, 2.75) is 6.18 Å². The molecule has 0 aliphatic carbocycles. The van der Waals surface area contributed by atoms with Gasteiger partial charge in [-0.15, -0.1) is 0 Å². The van der Waals surface area contributed by atoms with E-state index in [1.807, 2.05) is 0 Å². The van der Waals surface area contributed by atoms with Crippen LogP contribution in [-0.2, 0) is 20.5 Å². The molecule has 0 aliphatic heterocycles. The second-order valence-corrected chi connectivity index (χ2v) is 7.34. The molecular weight excluding hydrogens is 477 g/mol.